The van der Waals surface area contributed by atoms with E-state index in [1.807, 2.05) is 0 Å². The minimum Gasteiger partial charge on any atom is -0.481 e. The standard InChI is InChI=1S/C37H59NO5/c1-22(2)23-12-17-37(20-28(38)39)19-18-35(8)24(30(23)37)10-11-26-34(7)15-14-27(43-29(40)21-32(3,4)31(41)42)33(5,6)25(34)13-16-36(26,35)9/h23-27,30H,1,10-21H2,2-9H3,(H2,38,39)(H,41,42)/t23-,24+,25?,26?,27-,30+,34-,35+,36+,37+/m0/s1. The second-order valence-corrected chi connectivity index (χ2v) is 17.9. The zero-order chi connectivity index (χ0) is 32.0. The van der Waals surface area contributed by atoms with Crippen molar-refractivity contribution in [3.8, 4) is 0 Å². The highest BCUT2D eigenvalue weighted by Gasteiger charge is 2.71. The summed E-state index contributed by atoms with van der Waals surface area (Å²) >= 11 is 0. The van der Waals surface area contributed by atoms with E-state index in [1.165, 1.54) is 31.3 Å². The normalized spacial score (nSPS) is 45.1. The van der Waals surface area contributed by atoms with Gasteiger partial charge in [-0.25, -0.2) is 0 Å². The number of carbonyl (C=O) groups is 3. The van der Waals surface area contributed by atoms with Gasteiger partial charge in [-0.05, 0) is 136 Å². The number of carbonyl (C=O) groups excluding carboxylic acids is 2. The van der Waals surface area contributed by atoms with Crippen molar-refractivity contribution in [3.05, 3.63) is 12.2 Å². The number of fused-ring (bicyclic) bond motifs is 7. The van der Waals surface area contributed by atoms with Gasteiger partial charge in [0.25, 0.3) is 0 Å². The Kier molecular flexibility index (Phi) is 7.82. The van der Waals surface area contributed by atoms with Crippen LogP contribution in [0.2, 0.25) is 0 Å². The van der Waals surface area contributed by atoms with E-state index in [9.17, 15) is 19.5 Å². The Hall–Kier alpha value is -1.85. The second-order valence-electron chi connectivity index (χ2n) is 17.9. The van der Waals surface area contributed by atoms with E-state index in [2.05, 4.69) is 48.1 Å². The summed E-state index contributed by atoms with van der Waals surface area (Å²) < 4.78 is 6.13. The molecule has 5 aliphatic rings. The maximum Gasteiger partial charge on any atom is 0.309 e. The van der Waals surface area contributed by atoms with E-state index < -0.39 is 17.4 Å². The molecule has 0 aromatic rings. The number of aliphatic carboxylic acids is 1. The van der Waals surface area contributed by atoms with Crippen LogP contribution in [0.3, 0.4) is 0 Å². The number of ether oxygens (including phenoxy) is 1. The summed E-state index contributed by atoms with van der Waals surface area (Å²) in [6, 6.07) is 0. The lowest BCUT2D eigenvalue weighted by Crippen LogP contribution is -2.67. The summed E-state index contributed by atoms with van der Waals surface area (Å²) in [5.41, 5.74) is 6.45. The summed E-state index contributed by atoms with van der Waals surface area (Å²) in [4.78, 5) is 37.0. The van der Waals surface area contributed by atoms with Crippen molar-refractivity contribution in [2.45, 2.75) is 139 Å². The van der Waals surface area contributed by atoms with Crippen LogP contribution in [0.25, 0.3) is 0 Å². The van der Waals surface area contributed by atoms with Crippen LogP contribution in [0.15, 0.2) is 12.2 Å². The second kappa shape index (κ2) is 10.3. The Morgan fingerprint density at radius 1 is 0.884 bits per heavy atom. The Labute approximate surface area is 260 Å². The molecule has 0 aliphatic heterocycles. The van der Waals surface area contributed by atoms with E-state index in [-0.39, 0.29) is 45.5 Å². The van der Waals surface area contributed by atoms with E-state index in [0.29, 0.717) is 36.0 Å². The molecule has 1 amide bonds. The molecule has 0 heterocycles. The molecule has 10 atom stereocenters. The summed E-state index contributed by atoms with van der Waals surface area (Å²) in [5.74, 6) is 1.06. The van der Waals surface area contributed by atoms with Crippen molar-refractivity contribution in [1.29, 1.82) is 0 Å². The molecule has 6 heteroatoms. The quantitative estimate of drug-likeness (QED) is 0.229. The van der Waals surface area contributed by atoms with Crippen LogP contribution in [0.1, 0.15) is 132 Å². The molecule has 5 aliphatic carbocycles. The average molecular weight is 598 g/mol. The van der Waals surface area contributed by atoms with Crippen LogP contribution in [0, 0.1) is 62.1 Å². The topological polar surface area (TPSA) is 107 Å². The first kappa shape index (κ1) is 32.5. The largest absolute Gasteiger partial charge is 0.481 e. The molecule has 0 spiro atoms. The number of primary amides is 1. The van der Waals surface area contributed by atoms with Gasteiger partial charge in [0.2, 0.25) is 5.91 Å². The molecule has 5 rings (SSSR count). The van der Waals surface area contributed by atoms with E-state index in [0.717, 1.165) is 38.5 Å². The van der Waals surface area contributed by atoms with Gasteiger partial charge >= 0.3 is 11.9 Å². The van der Waals surface area contributed by atoms with Gasteiger partial charge in [0.05, 0.1) is 11.8 Å². The number of amides is 1. The van der Waals surface area contributed by atoms with Crippen LogP contribution >= 0.6 is 0 Å². The van der Waals surface area contributed by atoms with Gasteiger partial charge < -0.3 is 15.6 Å². The smallest absolute Gasteiger partial charge is 0.309 e. The van der Waals surface area contributed by atoms with Crippen LogP contribution < -0.4 is 5.73 Å². The first-order valence-electron chi connectivity index (χ1n) is 17.1. The molecule has 6 nitrogen and oxygen atoms in total. The number of hydrogen-bond acceptors (Lipinski definition) is 4. The molecule has 0 bridgehead atoms. The van der Waals surface area contributed by atoms with Crippen LogP contribution in [0.5, 0.6) is 0 Å². The predicted octanol–water partition coefficient (Wildman–Crippen LogP) is 7.93. The zero-order valence-corrected chi connectivity index (χ0v) is 28.3. The SMILES string of the molecule is C=C(C)[C@@H]1CC[C@]2(CC(N)=O)CC[C@]3(C)[C@H](CCC4[C@@]5(C)CC[C@H](OC(=O)CC(C)(C)C(=O)O)C(C)(C)C5CC[C@]43C)[C@@H]12. The van der Waals surface area contributed by atoms with E-state index in [4.69, 9.17) is 10.5 Å². The molecule has 0 radical (unpaired) electrons. The molecule has 0 aromatic carbocycles. The van der Waals surface area contributed by atoms with Gasteiger partial charge in [-0.2, -0.15) is 0 Å². The number of carboxylic acid groups (broad SMARTS) is 1. The highest BCUT2D eigenvalue weighted by atomic mass is 16.5. The average Bonchev–Trinajstić information content (AvgIpc) is 3.25. The molecular formula is C37H59NO5. The third-order valence-corrected chi connectivity index (χ3v) is 15.1. The highest BCUT2D eigenvalue weighted by molar-refractivity contribution is 5.81. The number of esters is 1. The fourth-order valence-electron chi connectivity index (χ4n) is 12.8. The van der Waals surface area contributed by atoms with Crippen molar-refractivity contribution in [2.75, 3.05) is 0 Å². The number of hydrogen-bond donors (Lipinski definition) is 2. The minimum atomic E-state index is -1.14. The molecule has 242 valence electrons. The third kappa shape index (κ3) is 4.73. The molecule has 0 saturated heterocycles. The molecule has 5 fully saturated rings. The Balaban J connectivity index is 1.42. The molecule has 0 aromatic heterocycles. The summed E-state index contributed by atoms with van der Waals surface area (Å²) in [7, 11) is 0. The van der Waals surface area contributed by atoms with E-state index in [1.54, 1.807) is 13.8 Å². The minimum absolute atomic E-state index is 0.0308. The van der Waals surface area contributed by atoms with Gasteiger partial charge in [-0.3, -0.25) is 14.4 Å². The molecule has 43 heavy (non-hydrogen) atoms. The maximum absolute atomic E-state index is 13.0. The Bertz CT molecular complexity index is 1190. The summed E-state index contributed by atoms with van der Waals surface area (Å²) in [6.07, 6.45) is 11.3. The Morgan fingerprint density at radius 3 is 2.16 bits per heavy atom. The first-order valence-corrected chi connectivity index (χ1v) is 17.1. The highest BCUT2D eigenvalue weighted by Crippen LogP contribution is 2.78. The Morgan fingerprint density at radius 2 is 1.56 bits per heavy atom. The molecule has 3 N–H and O–H groups in total. The van der Waals surface area contributed by atoms with Crippen molar-refractivity contribution < 1.29 is 24.2 Å². The maximum atomic E-state index is 13.0. The van der Waals surface area contributed by atoms with Crippen LogP contribution in [-0.4, -0.2) is 29.1 Å². The van der Waals surface area contributed by atoms with Gasteiger partial charge in [0.1, 0.15) is 6.10 Å². The van der Waals surface area contributed by atoms with Crippen molar-refractivity contribution >= 4 is 17.8 Å². The van der Waals surface area contributed by atoms with Gasteiger partial charge in [-0.15, -0.1) is 0 Å². The van der Waals surface area contributed by atoms with Gasteiger partial charge in [-0.1, -0.05) is 46.8 Å². The molecule has 5 saturated carbocycles. The number of carboxylic acids is 1. The molecular weight excluding hydrogens is 538 g/mol. The lowest BCUT2D eigenvalue weighted by molar-refractivity contribution is -0.250. The fraction of sp³-hybridized carbons (Fsp3) is 0.865. The first-order chi connectivity index (χ1) is 19.7. The predicted molar refractivity (Wildman–Crippen MR) is 169 cm³/mol. The van der Waals surface area contributed by atoms with Gasteiger partial charge in [0.15, 0.2) is 0 Å². The number of allylic oxidation sites excluding steroid dienone is 1. The number of nitrogens with two attached hydrogens (primary N) is 1. The van der Waals surface area contributed by atoms with Crippen molar-refractivity contribution in [1.82, 2.24) is 0 Å². The summed E-state index contributed by atoms with van der Waals surface area (Å²) in [5, 5.41) is 9.54. The monoisotopic (exact) mass is 597 g/mol. The lowest BCUT2D eigenvalue weighted by atomic mass is 9.32. The van der Waals surface area contributed by atoms with Crippen molar-refractivity contribution in [2.24, 2.45) is 67.8 Å². The zero-order valence-electron chi connectivity index (χ0n) is 28.3. The number of rotatable bonds is 7. The van der Waals surface area contributed by atoms with Gasteiger partial charge in [0, 0.05) is 11.8 Å². The van der Waals surface area contributed by atoms with Crippen molar-refractivity contribution in [3.63, 3.8) is 0 Å². The van der Waals surface area contributed by atoms with E-state index >= 15 is 0 Å². The third-order valence-electron chi connectivity index (χ3n) is 15.1. The summed E-state index contributed by atoms with van der Waals surface area (Å²) in [6.45, 7) is 22.2. The van der Waals surface area contributed by atoms with Crippen LogP contribution in [-0.2, 0) is 19.1 Å². The molecule has 2 unspecified atom stereocenters. The van der Waals surface area contributed by atoms with Crippen LogP contribution in [0.4, 0.5) is 0 Å². The fourth-order valence-corrected chi connectivity index (χ4v) is 12.8. The lowest BCUT2D eigenvalue weighted by Gasteiger charge is -2.73.